The Hall–Kier alpha value is -2.31. The lowest BCUT2D eigenvalue weighted by molar-refractivity contribution is -0.117. The van der Waals surface area contributed by atoms with E-state index in [0.717, 1.165) is 12.8 Å². The largest absolute Gasteiger partial charge is 0.444 e. The van der Waals surface area contributed by atoms with Gasteiger partial charge in [0.2, 0.25) is 5.91 Å². The third-order valence-electron chi connectivity index (χ3n) is 3.30. The summed E-state index contributed by atoms with van der Waals surface area (Å²) in [6.07, 6.45) is 1.39. The molecule has 24 heavy (non-hydrogen) atoms. The molecule has 0 unspecified atom stereocenters. The smallest absolute Gasteiger partial charge is 0.408 e. The van der Waals surface area contributed by atoms with Gasteiger partial charge in [0, 0.05) is 6.04 Å². The number of benzene rings is 1. The zero-order valence-electron chi connectivity index (χ0n) is 14.4. The van der Waals surface area contributed by atoms with Crippen LogP contribution < -0.4 is 16.0 Å². The molecule has 2 rings (SSSR count). The van der Waals surface area contributed by atoms with Gasteiger partial charge in [-0.3, -0.25) is 4.79 Å². The van der Waals surface area contributed by atoms with E-state index >= 15 is 0 Å². The Morgan fingerprint density at radius 1 is 1.25 bits per heavy atom. The summed E-state index contributed by atoms with van der Waals surface area (Å²) in [7, 11) is 0. The first-order chi connectivity index (χ1) is 11.1. The van der Waals surface area contributed by atoms with Crippen LogP contribution in [0.3, 0.4) is 0 Å². The normalized spacial score (nSPS) is 15.4. The molecule has 1 saturated carbocycles. The predicted molar refractivity (Wildman–Crippen MR) is 90.5 cm³/mol. The topological polar surface area (TPSA) is 79.5 Å². The van der Waals surface area contributed by atoms with E-state index in [1.54, 1.807) is 27.7 Å². The SMILES string of the molecule is C[C@H](NC(=O)OC(C)(C)C)C(=O)Nc1ccc(F)cc1NC1CC1. The molecule has 0 radical (unpaired) electrons. The highest BCUT2D eigenvalue weighted by atomic mass is 19.1. The van der Waals surface area contributed by atoms with Gasteiger partial charge in [0.25, 0.3) is 0 Å². The molecule has 3 N–H and O–H groups in total. The molecule has 1 fully saturated rings. The first-order valence-corrected chi connectivity index (χ1v) is 8.00. The maximum atomic E-state index is 13.4. The quantitative estimate of drug-likeness (QED) is 0.770. The molecule has 0 bridgehead atoms. The first kappa shape index (κ1) is 18.0. The van der Waals surface area contributed by atoms with E-state index in [4.69, 9.17) is 4.74 Å². The van der Waals surface area contributed by atoms with Crippen molar-refractivity contribution in [1.29, 1.82) is 0 Å². The predicted octanol–water partition coefficient (Wildman–Crippen LogP) is 3.25. The van der Waals surface area contributed by atoms with Gasteiger partial charge in [-0.25, -0.2) is 9.18 Å². The maximum absolute atomic E-state index is 13.4. The summed E-state index contributed by atoms with van der Waals surface area (Å²) in [5.74, 6) is -0.789. The molecule has 0 spiro atoms. The van der Waals surface area contributed by atoms with Crippen molar-refractivity contribution < 1.29 is 18.7 Å². The molecule has 1 aliphatic carbocycles. The molecule has 6 nitrogen and oxygen atoms in total. The van der Waals surface area contributed by atoms with Crippen LogP contribution in [0, 0.1) is 5.82 Å². The van der Waals surface area contributed by atoms with E-state index in [2.05, 4.69) is 16.0 Å². The Bertz CT molecular complexity index is 624. The van der Waals surface area contributed by atoms with Gasteiger partial charge in [0.05, 0.1) is 11.4 Å². The Morgan fingerprint density at radius 2 is 1.92 bits per heavy atom. The van der Waals surface area contributed by atoms with Gasteiger partial charge in [-0.2, -0.15) is 0 Å². The summed E-state index contributed by atoms with van der Waals surface area (Å²) >= 11 is 0. The average Bonchev–Trinajstić information content (AvgIpc) is 3.23. The summed E-state index contributed by atoms with van der Waals surface area (Å²) in [5, 5.41) is 8.35. The van der Waals surface area contributed by atoms with E-state index < -0.39 is 23.6 Å². The highest BCUT2D eigenvalue weighted by molar-refractivity contribution is 5.98. The Kier molecular flexibility index (Phi) is 5.31. The van der Waals surface area contributed by atoms with Crippen molar-refractivity contribution in [2.24, 2.45) is 0 Å². The zero-order valence-corrected chi connectivity index (χ0v) is 14.4. The van der Waals surface area contributed by atoms with Crippen LogP contribution in [0.1, 0.15) is 40.5 Å². The minimum atomic E-state index is -0.793. The molecule has 1 aromatic carbocycles. The summed E-state index contributed by atoms with van der Waals surface area (Å²) in [4.78, 5) is 24.0. The lowest BCUT2D eigenvalue weighted by Gasteiger charge is -2.22. The molecule has 0 heterocycles. The van der Waals surface area contributed by atoms with Crippen molar-refractivity contribution in [1.82, 2.24) is 5.32 Å². The third-order valence-corrected chi connectivity index (χ3v) is 3.30. The molecule has 0 saturated heterocycles. The number of alkyl carbamates (subject to hydrolysis) is 1. The van der Waals surface area contributed by atoms with Crippen LogP contribution in [-0.4, -0.2) is 29.7 Å². The monoisotopic (exact) mass is 337 g/mol. The van der Waals surface area contributed by atoms with Crippen molar-refractivity contribution in [3.8, 4) is 0 Å². The molecular formula is C17H24FN3O3. The molecule has 0 aromatic heterocycles. The first-order valence-electron chi connectivity index (χ1n) is 8.00. The van der Waals surface area contributed by atoms with E-state index in [9.17, 15) is 14.0 Å². The fourth-order valence-electron chi connectivity index (χ4n) is 1.98. The number of nitrogens with one attached hydrogen (secondary N) is 3. The van der Waals surface area contributed by atoms with Crippen LogP contribution in [-0.2, 0) is 9.53 Å². The minimum Gasteiger partial charge on any atom is -0.444 e. The number of amides is 2. The van der Waals surface area contributed by atoms with Crippen LogP contribution >= 0.6 is 0 Å². The van der Waals surface area contributed by atoms with E-state index in [1.807, 2.05) is 0 Å². The van der Waals surface area contributed by atoms with Crippen LogP contribution in [0.2, 0.25) is 0 Å². The van der Waals surface area contributed by atoms with Gasteiger partial charge in [0.1, 0.15) is 17.5 Å². The van der Waals surface area contributed by atoms with Crippen molar-refractivity contribution in [3.05, 3.63) is 24.0 Å². The van der Waals surface area contributed by atoms with Crippen molar-refractivity contribution in [3.63, 3.8) is 0 Å². The van der Waals surface area contributed by atoms with Gasteiger partial charge in [-0.05, 0) is 58.7 Å². The summed E-state index contributed by atoms with van der Waals surface area (Å²) < 4.78 is 18.5. The van der Waals surface area contributed by atoms with Crippen LogP contribution in [0.4, 0.5) is 20.6 Å². The summed E-state index contributed by atoms with van der Waals surface area (Å²) in [5.41, 5.74) is 0.375. The lowest BCUT2D eigenvalue weighted by atomic mass is 10.2. The molecular weight excluding hydrogens is 313 g/mol. The number of carbonyl (C=O) groups excluding carboxylic acids is 2. The second-order valence-corrected chi connectivity index (χ2v) is 6.97. The van der Waals surface area contributed by atoms with Gasteiger partial charge in [0.15, 0.2) is 0 Å². The van der Waals surface area contributed by atoms with Gasteiger partial charge < -0.3 is 20.7 Å². The Morgan fingerprint density at radius 3 is 2.50 bits per heavy atom. The van der Waals surface area contributed by atoms with Gasteiger partial charge in [-0.1, -0.05) is 0 Å². The maximum Gasteiger partial charge on any atom is 0.408 e. The molecule has 2 amide bonds. The Balaban J connectivity index is 1.97. The molecule has 1 aliphatic rings. The average molecular weight is 337 g/mol. The summed E-state index contributed by atoms with van der Waals surface area (Å²) in [6, 6.07) is 3.65. The van der Waals surface area contributed by atoms with Gasteiger partial charge >= 0.3 is 6.09 Å². The number of hydrogen-bond donors (Lipinski definition) is 3. The van der Waals surface area contributed by atoms with Crippen LogP contribution in [0.15, 0.2) is 18.2 Å². The van der Waals surface area contributed by atoms with Gasteiger partial charge in [-0.15, -0.1) is 0 Å². The molecule has 1 aromatic rings. The highest BCUT2D eigenvalue weighted by Gasteiger charge is 2.24. The number of anilines is 2. The number of rotatable bonds is 5. The second kappa shape index (κ2) is 7.07. The van der Waals surface area contributed by atoms with E-state index in [-0.39, 0.29) is 5.82 Å². The number of carbonyl (C=O) groups is 2. The molecule has 7 heteroatoms. The number of halogens is 1. The second-order valence-electron chi connectivity index (χ2n) is 6.97. The number of hydrogen-bond acceptors (Lipinski definition) is 4. The third kappa shape index (κ3) is 5.72. The van der Waals surface area contributed by atoms with E-state index in [0.29, 0.717) is 17.4 Å². The van der Waals surface area contributed by atoms with Crippen molar-refractivity contribution >= 4 is 23.4 Å². The van der Waals surface area contributed by atoms with Crippen molar-refractivity contribution in [2.75, 3.05) is 10.6 Å². The fourth-order valence-corrected chi connectivity index (χ4v) is 1.98. The Labute approximate surface area is 141 Å². The minimum absolute atomic E-state index is 0.319. The standard InChI is InChI=1S/C17H24FN3O3/c1-10(19-16(23)24-17(2,3)4)15(22)21-13-8-5-11(18)9-14(13)20-12-6-7-12/h5,8-10,12,20H,6-7H2,1-4H3,(H,19,23)(H,21,22)/t10-/m0/s1. The molecule has 132 valence electrons. The fraction of sp³-hybridized carbons (Fsp3) is 0.529. The van der Waals surface area contributed by atoms with E-state index in [1.165, 1.54) is 18.2 Å². The molecule has 1 atom stereocenters. The summed E-state index contributed by atoms with van der Waals surface area (Å²) in [6.45, 7) is 6.78. The van der Waals surface area contributed by atoms with Crippen molar-refractivity contribution in [2.45, 2.75) is 58.2 Å². The zero-order chi connectivity index (χ0) is 17.9. The lowest BCUT2D eigenvalue weighted by Crippen LogP contribution is -2.44. The van der Waals surface area contributed by atoms with Crippen LogP contribution in [0.5, 0.6) is 0 Å². The van der Waals surface area contributed by atoms with Crippen LogP contribution in [0.25, 0.3) is 0 Å². The highest BCUT2D eigenvalue weighted by Crippen LogP contribution is 2.30. The molecule has 0 aliphatic heterocycles. The number of ether oxygens (including phenoxy) is 1.